The van der Waals surface area contributed by atoms with Gasteiger partial charge in [-0.2, -0.15) is 0 Å². The molecule has 5 heteroatoms. The molecule has 1 aliphatic carbocycles. The Kier molecular flexibility index (Phi) is 3.76. The van der Waals surface area contributed by atoms with Crippen molar-refractivity contribution in [3.05, 3.63) is 5.82 Å². The third-order valence-corrected chi connectivity index (χ3v) is 3.97. The summed E-state index contributed by atoms with van der Waals surface area (Å²) in [5, 5.41) is 15.5. The molecular weight excluding hydrogens is 214 g/mol. The van der Waals surface area contributed by atoms with Crippen LogP contribution in [0.25, 0.3) is 0 Å². The van der Waals surface area contributed by atoms with E-state index in [1.807, 2.05) is 4.68 Å². The molecule has 0 spiro atoms. The Bertz CT molecular complexity index is 360. The number of hydrogen-bond acceptors (Lipinski definition) is 4. The maximum absolute atomic E-state index is 4.18. The summed E-state index contributed by atoms with van der Waals surface area (Å²) in [6, 6.07) is 0.934. The molecule has 3 atom stereocenters. The molecule has 0 saturated heterocycles. The fraction of sp³-hybridized carbons (Fsp3) is 0.917. The highest BCUT2D eigenvalue weighted by Gasteiger charge is 2.33. The summed E-state index contributed by atoms with van der Waals surface area (Å²) in [6.45, 7) is 9.65. The van der Waals surface area contributed by atoms with Crippen molar-refractivity contribution in [3.8, 4) is 0 Å². The first-order valence-corrected chi connectivity index (χ1v) is 6.59. The molecule has 1 saturated carbocycles. The standard InChI is InChI=1S/C12H23N5/c1-8(2)13-7-12-14-15-16-17(12)11-6-5-9(3)10(11)4/h8-11,13H,5-7H2,1-4H3. The van der Waals surface area contributed by atoms with Gasteiger partial charge in [0.25, 0.3) is 0 Å². The summed E-state index contributed by atoms with van der Waals surface area (Å²) < 4.78 is 2.03. The summed E-state index contributed by atoms with van der Waals surface area (Å²) in [7, 11) is 0. The van der Waals surface area contributed by atoms with Crippen LogP contribution in [0.1, 0.15) is 52.4 Å². The average Bonchev–Trinajstić information content (AvgIpc) is 2.85. The lowest BCUT2D eigenvalue weighted by Gasteiger charge is -2.19. The monoisotopic (exact) mass is 237 g/mol. The van der Waals surface area contributed by atoms with Crippen LogP contribution < -0.4 is 5.32 Å². The predicted octanol–water partition coefficient (Wildman–Crippen LogP) is 1.78. The first-order chi connectivity index (χ1) is 8.09. The van der Waals surface area contributed by atoms with Gasteiger partial charge in [0.05, 0.1) is 12.6 Å². The van der Waals surface area contributed by atoms with Crippen molar-refractivity contribution < 1.29 is 0 Å². The fourth-order valence-electron chi connectivity index (χ4n) is 2.57. The Labute approximate surface area is 103 Å². The number of nitrogens with one attached hydrogen (secondary N) is 1. The summed E-state index contributed by atoms with van der Waals surface area (Å²) in [5.41, 5.74) is 0. The lowest BCUT2D eigenvalue weighted by molar-refractivity contribution is 0.316. The second-order valence-electron chi connectivity index (χ2n) is 5.56. The number of aromatic nitrogens is 4. The van der Waals surface area contributed by atoms with Gasteiger partial charge < -0.3 is 5.32 Å². The third kappa shape index (κ3) is 2.65. The van der Waals surface area contributed by atoms with Crippen LogP contribution in [0.4, 0.5) is 0 Å². The minimum absolute atomic E-state index is 0.458. The van der Waals surface area contributed by atoms with Crippen molar-refractivity contribution in [1.29, 1.82) is 0 Å². The topological polar surface area (TPSA) is 55.6 Å². The molecule has 0 bridgehead atoms. The first kappa shape index (κ1) is 12.5. The van der Waals surface area contributed by atoms with Crippen LogP contribution in [0.5, 0.6) is 0 Å². The molecule has 1 aliphatic rings. The summed E-state index contributed by atoms with van der Waals surface area (Å²) >= 11 is 0. The number of hydrogen-bond donors (Lipinski definition) is 1. The molecule has 96 valence electrons. The van der Waals surface area contributed by atoms with Gasteiger partial charge in [-0.3, -0.25) is 0 Å². The minimum atomic E-state index is 0.458. The van der Waals surface area contributed by atoms with Gasteiger partial charge in [-0.05, 0) is 35.1 Å². The molecule has 1 aromatic heterocycles. The van der Waals surface area contributed by atoms with Crippen molar-refractivity contribution in [2.45, 2.75) is 59.2 Å². The molecular formula is C12H23N5. The Morgan fingerprint density at radius 1 is 1.35 bits per heavy atom. The van der Waals surface area contributed by atoms with Gasteiger partial charge in [0.15, 0.2) is 5.82 Å². The smallest absolute Gasteiger partial charge is 0.165 e. The number of rotatable bonds is 4. The zero-order valence-corrected chi connectivity index (χ0v) is 11.2. The van der Waals surface area contributed by atoms with E-state index in [2.05, 4.69) is 48.5 Å². The van der Waals surface area contributed by atoms with E-state index in [-0.39, 0.29) is 0 Å². The second kappa shape index (κ2) is 5.12. The van der Waals surface area contributed by atoms with E-state index in [9.17, 15) is 0 Å². The van der Waals surface area contributed by atoms with Gasteiger partial charge in [0.2, 0.25) is 0 Å². The Hall–Kier alpha value is -0.970. The lowest BCUT2D eigenvalue weighted by Crippen LogP contribution is -2.26. The van der Waals surface area contributed by atoms with Crippen molar-refractivity contribution in [1.82, 2.24) is 25.5 Å². The van der Waals surface area contributed by atoms with Crippen LogP contribution in [0.15, 0.2) is 0 Å². The maximum atomic E-state index is 4.18. The van der Waals surface area contributed by atoms with Crippen molar-refractivity contribution >= 4 is 0 Å². The second-order valence-corrected chi connectivity index (χ2v) is 5.56. The molecule has 1 heterocycles. The number of tetrazole rings is 1. The van der Waals surface area contributed by atoms with Gasteiger partial charge in [-0.25, -0.2) is 4.68 Å². The van der Waals surface area contributed by atoms with Gasteiger partial charge >= 0.3 is 0 Å². The summed E-state index contributed by atoms with van der Waals surface area (Å²) in [5.74, 6) is 2.40. The molecule has 1 N–H and O–H groups in total. The van der Waals surface area contributed by atoms with Crippen LogP contribution >= 0.6 is 0 Å². The quantitative estimate of drug-likeness (QED) is 0.867. The van der Waals surface area contributed by atoms with Crippen molar-refractivity contribution in [2.75, 3.05) is 0 Å². The van der Waals surface area contributed by atoms with Crippen LogP contribution in [-0.2, 0) is 6.54 Å². The molecule has 17 heavy (non-hydrogen) atoms. The van der Waals surface area contributed by atoms with Crippen LogP contribution in [0.3, 0.4) is 0 Å². The van der Waals surface area contributed by atoms with Gasteiger partial charge in [-0.1, -0.05) is 27.7 Å². The van der Waals surface area contributed by atoms with E-state index in [1.165, 1.54) is 12.8 Å². The Morgan fingerprint density at radius 3 is 2.71 bits per heavy atom. The highest BCUT2D eigenvalue weighted by atomic mass is 15.6. The third-order valence-electron chi connectivity index (χ3n) is 3.97. The van der Waals surface area contributed by atoms with Gasteiger partial charge in [0.1, 0.15) is 0 Å². The molecule has 0 radical (unpaired) electrons. The van der Waals surface area contributed by atoms with E-state index >= 15 is 0 Å². The van der Waals surface area contributed by atoms with Gasteiger partial charge in [0, 0.05) is 6.04 Å². The van der Waals surface area contributed by atoms with E-state index < -0.39 is 0 Å². The first-order valence-electron chi connectivity index (χ1n) is 6.59. The van der Waals surface area contributed by atoms with Crippen LogP contribution in [0, 0.1) is 11.8 Å². The van der Waals surface area contributed by atoms with E-state index in [4.69, 9.17) is 0 Å². The van der Waals surface area contributed by atoms with Crippen LogP contribution in [-0.4, -0.2) is 26.2 Å². The summed E-state index contributed by atoms with van der Waals surface area (Å²) in [4.78, 5) is 0. The maximum Gasteiger partial charge on any atom is 0.165 e. The van der Waals surface area contributed by atoms with Crippen LogP contribution in [0.2, 0.25) is 0 Å². The summed E-state index contributed by atoms with van der Waals surface area (Å²) in [6.07, 6.45) is 2.48. The highest BCUT2D eigenvalue weighted by Crippen LogP contribution is 2.39. The highest BCUT2D eigenvalue weighted by molar-refractivity contribution is 4.90. The SMILES string of the molecule is CC(C)NCc1nnnn1C1CCC(C)C1C. The zero-order valence-electron chi connectivity index (χ0n) is 11.2. The molecule has 0 amide bonds. The number of nitrogens with zero attached hydrogens (tertiary/aromatic N) is 4. The predicted molar refractivity (Wildman–Crippen MR) is 66.4 cm³/mol. The van der Waals surface area contributed by atoms with Crippen molar-refractivity contribution in [2.24, 2.45) is 11.8 Å². The van der Waals surface area contributed by atoms with E-state index in [1.54, 1.807) is 0 Å². The van der Waals surface area contributed by atoms with E-state index in [0.29, 0.717) is 18.0 Å². The lowest BCUT2D eigenvalue weighted by atomic mass is 9.98. The van der Waals surface area contributed by atoms with E-state index in [0.717, 1.165) is 18.3 Å². The molecule has 1 aromatic rings. The average molecular weight is 237 g/mol. The fourth-order valence-corrected chi connectivity index (χ4v) is 2.57. The Morgan fingerprint density at radius 2 is 2.12 bits per heavy atom. The molecule has 0 aliphatic heterocycles. The molecule has 1 fully saturated rings. The van der Waals surface area contributed by atoms with Crippen molar-refractivity contribution in [3.63, 3.8) is 0 Å². The molecule has 2 rings (SSSR count). The largest absolute Gasteiger partial charge is 0.308 e. The zero-order chi connectivity index (χ0) is 12.4. The molecule has 5 nitrogen and oxygen atoms in total. The normalized spacial score (nSPS) is 29.1. The molecule has 3 unspecified atom stereocenters. The molecule has 0 aromatic carbocycles. The van der Waals surface area contributed by atoms with Gasteiger partial charge in [-0.15, -0.1) is 5.10 Å². The Balaban J connectivity index is 2.08. The minimum Gasteiger partial charge on any atom is -0.308 e.